The van der Waals surface area contributed by atoms with Crippen molar-refractivity contribution in [3.63, 3.8) is 0 Å². The topological polar surface area (TPSA) is 93.0 Å². The summed E-state index contributed by atoms with van der Waals surface area (Å²) in [6.45, 7) is -0.0472. The van der Waals surface area contributed by atoms with Gasteiger partial charge < -0.3 is 25.7 Å². The van der Waals surface area contributed by atoms with Crippen molar-refractivity contribution in [1.82, 2.24) is 5.32 Å². The first-order valence-electron chi connectivity index (χ1n) is 3.55. The van der Waals surface area contributed by atoms with Gasteiger partial charge in [0.1, 0.15) is 6.10 Å². The van der Waals surface area contributed by atoms with Gasteiger partial charge >= 0.3 is 0 Å². The number of hydrogen-bond donors (Lipinski definition) is 5. The maximum absolute atomic E-state index is 9.18. The molecule has 0 aromatic heterocycles. The Bertz CT molecular complexity index is 135. The molecule has 0 bridgehead atoms. The number of aliphatic hydroxyl groups is 4. The van der Waals surface area contributed by atoms with Crippen LogP contribution in [-0.4, -0.2) is 57.9 Å². The molecule has 74 valence electrons. The van der Waals surface area contributed by atoms with Crippen LogP contribution >= 0.6 is 12.4 Å². The monoisotopic (exact) mass is 199 g/mol. The van der Waals surface area contributed by atoms with Crippen molar-refractivity contribution in [1.29, 1.82) is 0 Å². The van der Waals surface area contributed by atoms with Crippen LogP contribution < -0.4 is 5.32 Å². The molecule has 1 heterocycles. The molecule has 5 N–H and O–H groups in total. The van der Waals surface area contributed by atoms with E-state index in [1.807, 2.05) is 0 Å². The number of hydrogen-bond acceptors (Lipinski definition) is 5. The third kappa shape index (κ3) is 2.29. The molecule has 0 aliphatic carbocycles. The highest BCUT2D eigenvalue weighted by Crippen LogP contribution is 2.09. The zero-order valence-electron chi connectivity index (χ0n) is 6.42. The summed E-state index contributed by atoms with van der Waals surface area (Å²) in [7, 11) is 0. The van der Waals surface area contributed by atoms with Crippen molar-refractivity contribution in [3.05, 3.63) is 0 Å². The summed E-state index contributed by atoms with van der Waals surface area (Å²) in [6.07, 6.45) is -3.20. The lowest BCUT2D eigenvalue weighted by Gasteiger charge is -2.34. The van der Waals surface area contributed by atoms with Gasteiger partial charge in [0.2, 0.25) is 0 Å². The molecule has 1 saturated heterocycles. The summed E-state index contributed by atoms with van der Waals surface area (Å²) in [5.41, 5.74) is 0. The van der Waals surface area contributed by atoms with E-state index in [9.17, 15) is 5.11 Å². The molecular weight excluding hydrogens is 186 g/mol. The van der Waals surface area contributed by atoms with Crippen LogP contribution in [0.1, 0.15) is 0 Å². The minimum absolute atomic E-state index is 0. The molecular formula is C6H14ClNO4. The third-order valence-corrected chi connectivity index (χ3v) is 1.94. The molecule has 0 aromatic carbocycles. The summed E-state index contributed by atoms with van der Waals surface area (Å²) in [6, 6.07) is -0.534. The van der Waals surface area contributed by atoms with Crippen molar-refractivity contribution < 1.29 is 20.4 Å². The molecule has 1 rings (SSSR count). The Kier molecular flexibility index (Phi) is 5.00. The summed E-state index contributed by atoms with van der Waals surface area (Å²) in [4.78, 5) is 0. The van der Waals surface area contributed by atoms with Crippen molar-refractivity contribution in [2.75, 3.05) is 13.2 Å². The second-order valence-electron chi connectivity index (χ2n) is 2.75. The average Bonchev–Trinajstić information content (AvgIpc) is 2.01. The van der Waals surface area contributed by atoms with Gasteiger partial charge in [-0.15, -0.1) is 12.4 Å². The highest BCUT2D eigenvalue weighted by molar-refractivity contribution is 5.85. The van der Waals surface area contributed by atoms with Crippen LogP contribution in [0.3, 0.4) is 0 Å². The highest BCUT2D eigenvalue weighted by Gasteiger charge is 2.35. The fourth-order valence-electron chi connectivity index (χ4n) is 1.15. The smallest absolute Gasteiger partial charge is 0.109 e. The van der Waals surface area contributed by atoms with E-state index in [-0.39, 0.29) is 25.6 Å². The van der Waals surface area contributed by atoms with Crippen molar-refractivity contribution in [2.24, 2.45) is 0 Å². The van der Waals surface area contributed by atoms with E-state index in [1.54, 1.807) is 0 Å². The maximum atomic E-state index is 9.18. The normalized spacial score (nSPS) is 42.0. The second-order valence-corrected chi connectivity index (χ2v) is 2.75. The molecule has 12 heavy (non-hydrogen) atoms. The average molecular weight is 200 g/mol. The van der Waals surface area contributed by atoms with E-state index in [0.29, 0.717) is 0 Å². The van der Waals surface area contributed by atoms with Crippen molar-refractivity contribution in [2.45, 2.75) is 24.4 Å². The molecule has 0 radical (unpaired) electrons. The SMILES string of the molecule is Cl.OC[C@H]1NC[C@@H](O)[C@@H](O)[C@H]1O. The number of piperidine rings is 1. The number of rotatable bonds is 1. The summed E-state index contributed by atoms with van der Waals surface area (Å²) in [5.74, 6) is 0. The minimum atomic E-state index is -1.16. The molecule has 0 amide bonds. The first-order chi connectivity index (χ1) is 5.16. The lowest BCUT2D eigenvalue weighted by atomic mass is 9.97. The van der Waals surface area contributed by atoms with Crippen LogP contribution in [-0.2, 0) is 0 Å². The standard InChI is InChI=1S/C6H13NO4.ClH/c8-2-3-5(10)6(11)4(9)1-7-3;/h3-11H,1-2H2;1H/t3-,4-,5+,6-;/m1./s1. The minimum Gasteiger partial charge on any atom is -0.395 e. The molecule has 1 fully saturated rings. The largest absolute Gasteiger partial charge is 0.395 e. The van der Waals surface area contributed by atoms with Gasteiger partial charge in [-0.25, -0.2) is 0 Å². The van der Waals surface area contributed by atoms with Gasteiger partial charge in [-0.1, -0.05) is 0 Å². The van der Waals surface area contributed by atoms with Crippen LogP contribution in [0.4, 0.5) is 0 Å². The van der Waals surface area contributed by atoms with Crippen LogP contribution in [0, 0.1) is 0 Å². The van der Waals surface area contributed by atoms with Gasteiger partial charge in [0, 0.05) is 6.54 Å². The predicted molar refractivity (Wildman–Crippen MR) is 44.1 cm³/mol. The summed E-state index contributed by atoms with van der Waals surface area (Å²) < 4.78 is 0. The van der Waals surface area contributed by atoms with Crippen LogP contribution in [0.2, 0.25) is 0 Å². The lowest BCUT2D eigenvalue weighted by Crippen LogP contribution is -2.60. The molecule has 0 unspecified atom stereocenters. The Morgan fingerprint density at radius 1 is 1.17 bits per heavy atom. The van der Waals surface area contributed by atoms with E-state index in [2.05, 4.69) is 5.32 Å². The summed E-state index contributed by atoms with van der Waals surface area (Å²) in [5, 5.41) is 38.6. The van der Waals surface area contributed by atoms with Gasteiger partial charge in [-0.2, -0.15) is 0 Å². The van der Waals surface area contributed by atoms with Crippen LogP contribution in [0.25, 0.3) is 0 Å². The molecule has 4 atom stereocenters. The maximum Gasteiger partial charge on any atom is 0.109 e. The van der Waals surface area contributed by atoms with Crippen molar-refractivity contribution >= 4 is 12.4 Å². The zero-order valence-corrected chi connectivity index (χ0v) is 7.24. The van der Waals surface area contributed by atoms with Crippen molar-refractivity contribution in [3.8, 4) is 0 Å². The van der Waals surface area contributed by atoms with Crippen LogP contribution in [0.15, 0.2) is 0 Å². The first-order valence-corrected chi connectivity index (χ1v) is 3.55. The van der Waals surface area contributed by atoms with E-state index in [4.69, 9.17) is 15.3 Å². The van der Waals surface area contributed by atoms with Gasteiger partial charge in [-0.3, -0.25) is 0 Å². The van der Waals surface area contributed by atoms with Gasteiger partial charge in [0.15, 0.2) is 0 Å². The second kappa shape index (κ2) is 4.96. The molecule has 5 nitrogen and oxygen atoms in total. The number of halogens is 1. The van der Waals surface area contributed by atoms with E-state index < -0.39 is 24.4 Å². The lowest BCUT2D eigenvalue weighted by molar-refractivity contribution is -0.101. The molecule has 1 aliphatic heterocycles. The van der Waals surface area contributed by atoms with Crippen LogP contribution in [0.5, 0.6) is 0 Å². The van der Waals surface area contributed by atoms with E-state index >= 15 is 0 Å². The fourth-order valence-corrected chi connectivity index (χ4v) is 1.15. The fraction of sp³-hybridized carbons (Fsp3) is 1.00. The molecule has 0 aromatic rings. The highest BCUT2D eigenvalue weighted by atomic mass is 35.5. The third-order valence-electron chi connectivity index (χ3n) is 1.94. The first kappa shape index (κ1) is 12.1. The quantitative estimate of drug-likeness (QED) is 0.321. The molecule has 0 saturated carbocycles. The molecule has 6 heteroatoms. The Morgan fingerprint density at radius 3 is 2.25 bits per heavy atom. The van der Waals surface area contributed by atoms with Gasteiger partial charge in [0.05, 0.1) is 24.9 Å². The Hall–Kier alpha value is 0.0900. The Labute approximate surface area is 76.4 Å². The van der Waals surface area contributed by atoms with Gasteiger partial charge in [-0.05, 0) is 0 Å². The van der Waals surface area contributed by atoms with E-state index in [0.717, 1.165) is 0 Å². The predicted octanol–water partition coefficient (Wildman–Crippen LogP) is -2.54. The molecule has 0 spiro atoms. The Morgan fingerprint density at radius 2 is 1.75 bits per heavy atom. The van der Waals surface area contributed by atoms with E-state index in [1.165, 1.54) is 0 Å². The number of aliphatic hydroxyl groups excluding tert-OH is 4. The van der Waals surface area contributed by atoms with Gasteiger partial charge in [0.25, 0.3) is 0 Å². The number of nitrogens with one attached hydrogen (secondary N) is 1. The summed E-state index contributed by atoms with van der Waals surface area (Å²) >= 11 is 0. The number of β-amino-alcohol motifs (C(OH)–C–C–N with tert-alkyl or cyclic N) is 1. The molecule has 1 aliphatic rings. The zero-order chi connectivity index (χ0) is 8.43. The Balaban J connectivity index is 0.00000121.